The van der Waals surface area contributed by atoms with E-state index < -0.39 is 6.04 Å². The molecule has 0 aromatic heterocycles. The first-order valence-electron chi connectivity index (χ1n) is 10.8. The highest BCUT2D eigenvalue weighted by Gasteiger charge is 2.25. The molecule has 2 aromatic carbocycles. The third-order valence-corrected chi connectivity index (χ3v) is 5.24. The molecule has 2 atom stereocenters. The molecule has 0 aliphatic heterocycles. The fraction of sp³-hybridized carbons (Fsp3) is 0.440. The molecule has 168 valence electrons. The SMILES string of the molecule is CCc1ccc(C(CNC(=O)C(NC(=O)COc2ccccc2)C(C)C)N(C)C)cc1. The van der Waals surface area contributed by atoms with Gasteiger partial charge in [0.1, 0.15) is 11.8 Å². The van der Waals surface area contributed by atoms with Gasteiger partial charge in [0.25, 0.3) is 5.91 Å². The standard InChI is InChI=1S/C25H35N3O3/c1-6-19-12-14-20(15-13-19)22(28(4)5)16-26-25(30)24(18(2)3)27-23(29)17-31-21-10-8-7-9-11-21/h7-15,18,22,24H,6,16-17H2,1-5H3,(H,26,30)(H,27,29). The van der Waals surface area contributed by atoms with Gasteiger partial charge in [0.05, 0.1) is 6.04 Å². The second-order valence-corrected chi connectivity index (χ2v) is 8.21. The van der Waals surface area contributed by atoms with Crippen molar-refractivity contribution in [2.45, 2.75) is 39.3 Å². The average molecular weight is 426 g/mol. The van der Waals surface area contributed by atoms with Crippen molar-refractivity contribution in [3.63, 3.8) is 0 Å². The number of hydrogen-bond donors (Lipinski definition) is 2. The fourth-order valence-corrected chi connectivity index (χ4v) is 3.30. The van der Waals surface area contributed by atoms with Gasteiger partial charge in [-0.05, 0) is 49.7 Å². The number of benzene rings is 2. The predicted octanol–water partition coefficient (Wildman–Crippen LogP) is 3.19. The molecular weight excluding hydrogens is 390 g/mol. The van der Waals surface area contributed by atoms with E-state index in [2.05, 4.69) is 46.7 Å². The number of aryl methyl sites for hydroxylation is 1. The van der Waals surface area contributed by atoms with Crippen LogP contribution in [-0.4, -0.2) is 50.0 Å². The lowest BCUT2D eigenvalue weighted by Gasteiger charge is -2.27. The minimum Gasteiger partial charge on any atom is -0.484 e. The van der Waals surface area contributed by atoms with Crippen molar-refractivity contribution in [1.82, 2.24) is 15.5 Å². The highest BCUT2D eigenvalue weighted by molar-refractivity contribution is 5.88. The molecule has 6 nitrogen and oxygen atoms in total. The maximum atomic E-state index is 12.9. The van der Waals surface area contributed by atoms with Crippen LogP contribution in [0.15, 0.2) is 54.6 Å². The number of rotatable bonds is 11. The molecule has 0 fully saturated rings. The van der Waals surface area contributed by atoms with E-state index in [-0.39, 0.29) is 30.4 Å². The summed E-state index contributed by atoms with van der Waals surface area (Å²) in [5, 5.41) is 5.82. The topological polar surface area (TPSA) is 70.7 Å². The zero-order valence-electron chi connectivity index (χ0n) is 19.2. The number of carbonyl (C=O) groups is 2. The van der Waals surface area contributed by atoms with Crippen LogP contribution in [0.3, 0.4) is 0 Å². The van der Waals surface area contributed by atoms with Crippen molar-refractivity contribution in [2.75, 3.05) is 27.2 Å². The Morgan fingerprint density at radius 1 is 1.00 bits per heavy atom. The number of ether oxygens (including phenoxy) is 1. The van der Waals surface area contributed by atoms with Crippen molar-refractivity contribution in [3.8, 4) is 5.75 Å². The minimum absolute atomic E-state index is 0.0415. The molecule has 0 saturated heterocycles. The van der Waals surface area contributed by atoms with Crippen molar-refractivity contribution in [2.24, 2.45) is 5.92 Å². The Balaban J connectivity index is 1.94. The molecule has 0 saturated carbocycles. The van der Waals surface area contributed by atoms with Gasteiger partial charge in [-0.2, -0.15) is 0 Å². The van der Waals surface area contributed by atoms with Crippen LogP contribution in [0, 0.1) is 5.92 Å². The van der Waals surface area contributed by atoms with Gasteiger partial charge in [0, 0.05) is 6.54 Å². The highest BCUT2D eigenvalue weighted by atomic mass is 16.5. The lowest BCUT2D eigenvalue weighted by molar-refractivity contribution is -0.131. The molecule has 0 bridgehead atoms. The normalized spacial score (nSPS) is 13.0. The maximum absolute atomic E-state index is 12.9. The maximum Gasteiger partial charge on any atom is 0.258 e. The third kappa shape index (κ3) is 7.72. The number of para-hydroxylation sites is 1. The average Bonchev–Trinajstić information content (AvgIpc) is 2.76. The van der Waals surface area contributed by atoms with E-state index in [1.54, 1.807) is 12.1 Å². The Labute approximate surface area is 186 Å². The summed E-state index contributed by atoms with van der Waals surface area (Å²) >= 11 is 0. The van der Waals surface area contributed by atoms with Gasteiger partial charge in [-0.15, -0.1) is 0 Å². The monoisotopic (exact) mass is 425 g/mol. The van der Waals surface area contributed by atoms with Gasteiger partial charge in [-0.1, -0.05) is 63.2 Å². The summed E-state index contributed by atoms with van der Waals surface area (Å²) in [7, 11) is 3.99. The van der Waals surface area contributed by atoms with E-state index in [1.165, 1.54) is 5.56 Å². The van der Waals surface area contributed by atoms with Crippen LogP contribution in [0.1, 0.15) is 37.9 Å². The Morgan fingerprint density at radius 2 is 1.65 bits per heavy atom. The molecule has 31 heavy (non-hydrogen) atoms. The zero-order valence-corrected chi connectivity index (χ0v) is 19.2. The van der Waals surface area contributed by atoms with E-state index in [9.17, 15) is 9.59 Å². The van der Waals surface area contributed by atoms with Crippen LogP contribution < -0.4 is 15.4 Å². The van der Waals surface area contributed by atoms with Crippen LogP contribution in [0.25, 0.3) is 0 Å². The number of nitrogens with zero attached hydrogens (tertiary/aromatic N) is 1. The summed E-state index contributed by atoms with van der Waals surface area (Å²) < 4.78 is 5.48. The zero-order chi connectivity index (χ0) is 22.8. The first-order valence-corrected chi connectivity index (χ1v) is 10.8. The second kappa shape index (κ2) is 12.1. The first-order chi connectivity index (χ1) is 14.8. The number of nitrogens with one attached hydrogen (secondary N) is 2. The predicted molar refractivity (Wildman–Crippen MR) is 124 cm³/mol. The number of carbonyl (C=O) groups excluding carboxylic acids is 2. The van der Waals surface area contributed by atoms with Crippen LogP contribution in [-0.2, 0) is 16.0 Å². The van der Waals surface area contributed by atoms with Crippen molar-refractivity contribution in [3.05, 3.63) is 65.7 Å². The first kappa shape index (κ1) is 24.4. The molecule has 2 rings (SSSR count). The van der Waals surface area contributed by atoms with Crippen LogP contribution >= 0.6 is 0 Å². The Hall–Kier alpha value is -2.86. The number of likely N-dealkylation sites (N-methyl/N-ethyl adjacent to an activating group) is 1. The lowest BCUT2D eigenvalue weighted by Crippen LogP contribution is -2.51. The van der Waals surface area contributed by atoms with E-state index in [0.29, 0.717) is 12.3 Å². The molecular formula is C25H35N3O3. The Kier molecular flexibility index (Phi) is 9.53. The summed E-state index contributed by atoms with van der Waals surface area (Å²) in [6, 6.07) is 17.0. The van der Waals surface area contributed by atoms with Gasteiger partial charge >= 0.3 is 0 Å². The van der Waals surface area contributed by atoms with Crippen LogP contribution in [0.2, 0.25) is 0 Å². The quantitative estimate of drug-likeness (QED) is 0.580. The number of amides is 2. The van der Waals surface area contributed by atoms with Gasteiger partial charge in [0.2, 0.25) is 5.91 Å². The molecule has 0 aliphatic carbocycles. The van der Waals surface area contributed by atoms with Crippen LogP contribution in [0.4, 0.5) is 0 Å². The minimum atomic E-state index is -0.628. The Morgan fingerprint density at radius 3 is 2.19 bits per heavy atom. The summed E-state index contributed by atoms with van der Waals surface area (Å²) in [6.45, 7) is 6.27. The molecule has 2 aromatic rings. The summed E-state index contributed by atoms with van der Waals surface area (Å²) in [6.07, 6.45) is 0.993. The Bertz CT molecular complexity index is 820. The molecule has 2 amide bonds. The summed E-state index contributed by atoms with van der Waals surface area (Å²) in [4.78, 5) is 27.3. The van der Waals surface area contributed by atoms with Gasteiger partial charge < -0.3 is 20.3 Å². The molecule has 0 radical (unpaired) electrons. The molecule has 2 N–H and O–H groups in total. The van der Waals surface area contributed by atoms with Gasteiger partial charge in [0.15, 0.2) is 6.61 Å². The highest BCUT2D eigenvalue weighted by Crippen LogP contribution is 2.18. The van der Waals surface area contributed by atoms with E-state index in [4.69, 9.17) is 4.74 Å². The summed E-state index contributed by atoms with van der Waals surface area (Å²) in [5.41, 5.74) is 2.43. The number of hydrogen-bond acceptors (Lipinski definition) is 4. The van der Waals surface area contributed by atoms with Gasteiger partial charge in [-0.25, -0.2) is 0 Å². The molecule has 2 unspecified atom stereocenters. The molecule has 0 aliphatic rings. The van der Waals surface area contributed by atoms with Crippen molar-refractivity contribution >= 4 is 11.8 Å². The van der Waals surface area contributed by atoms with E-state index in [1.807, 2.05) is 46.1 Å². The second-order valence-electron chi connectivity index (χ2n) is 8.21. The van der Waals surface area contributed by atoms with E-state index in [0.717, 1.165) is 12.0 Å². The lowest BCUT2D eigenvalue weighted by atomic mass is 10.0. The smallest absolute Gasteiger partial charge is 0.258 e. The van der Waals surface area contributed by atoms with Crippen LogP contribution in [0.5, 0.6) is 5.75 Å². The molecule has 6 heteroatoms. The molecule has 0 spiro atoms. The van der Waals surface area contributed by atoms with Crippen molar-refractivity contribution < 1.29 is 14.3 Å². The largest absolute Gasteiger partial charge is 0.484 e. The van der Waals surface area contributed by atoms with Crippen molar-refractivity contribution in [1.29, 1.82) is 0 Å². The molecule has 0 heterocycles. The summed E-state index contributed by atoms with van der Waals surface area (Å²) in [5.74, 6) is 0.0468. The fourth-order valence-electron chi connectivity index (χ4n) is 3.30. The van der Waals surface area contributed by atoms with Gasteiger partial charge in [-0.3, -0.25) is 9.59 Å². The third-order valence-electron chi connectivity index (χ3n) is 5.24. The van der Waals surface area contributed by atoms with E-state index >= 15 is 0 Å².